The summed E-state index contributed by atoms with van der Waals surface area (Å²) in [7, 11) is 1.24. The Hall–Kier alpha value is -1.77. The predicted octanol–water partition coefficient (Wildman–Crippen LogP) is 2.08. The van der Waals surface area contributed by atoms with Gasteiger partial charge in [0.05, 0.1) is 13.2 Å². The van der Waals surface area contributed by atoms with Gasteiger partial charge in [0.25, 0.3) is 0 Å². The Morgan fingerprint density at radius 2 is 2.24 bits per heavy atom. The molecule has 0 bridgehead atoms. The highest BCUT2D eigenvalue weighted by molar-refractivity contribution is 6.28. The lowest BCUT2D eigenvalue weighted by molar-refractivity contribution is -0.141. The predicted molar refractivity (Wildman–Crippen MR) is 68.2 cm³/mol. The molecule has 1 aliphatic rings. The zero-order valence-corrected chi connectivity index (χ0v) is 11.7. The molecule has 0 saturated carbocycles. The van der Waals surface area contributed by atoms with Crippen LogP contribution < -0.4 is 10.2 Å². The van der Waals surface area contributed by atoms with Crippen LogP contribution in [-0.4, -0.2) is 42.3 Å². The van der Waals surface area contributed by atoms with Crippen LogP contribution in [0.15, 0.2) is 6.07 Å². The van der Waals surface area contributed by atoms with Crippen LogP contribution in [0.5, 0.6) is 0 Å². The minimum absolute atomic E-state index is 0.0801. The van der Waals surface area contributed by atoms with Crippen LogP contribution in [0.3, 0.4) is 0 Å². The molecule has 1 unspecified atom stereocenters. The second-order valence-corrected chi connectivity index (χ2v) is 4.78. The fourth-order valence-electron chi connectivity index (χ4n) is 2.02. The van der Waals surface area contributed by atoms with Gasteiger partial charge in [0.1, 0.15) is 5.82 Å². The largest absolute Gasteiger partial charge is 0.453 e. The van der Waals surface area contributed by atoms with Crippen molar-refractivity contribution in [2.75, 3.05) is 25.1 Å². The lowest BCUT2D eigenvalue weighted by atomic mass is 10.3. The van der Waals surface area contributed by atoms with Crippen LogP contribution >= 0.6 is 11.6 Å². The third kappa shape index (κ3) is 3.87. The zero-order valence-electron chi connectivity index (χ0n) is 10.9. The van der Waals surface area contributed by atoms with E-state index < -0.39 is 23.2 Å². The summed E-state index contributed by atoms with van der Waals surface area (Å²) in [6, 6.07) is 0.618. The molecule has 2 heterocycles. The van der Waals surface area contributed by atoms with Crippen molar-refractivity contribution < 1.29 is 22.7 Å². The number of nitrogens with zero attached hydrogens (tertiary/aromatic N) is 3. The van der Waals surface area contributed by atoms with Crippen LogP contribution in [0.4, 0.5) is 23.8 Å². The van der Waals surface area contributed by atoms with Gasteiger partial charge >= 0.3 is 12.3 Å². The Balaban J connectivity index is 2.13. The monoisotopic (exact) mass is 324 g/mol. The van der Waals surface area contributed by atoms with Crippen LogP contribution in [0.1, 0.15) is 12.1 Å². The summed E-state index contributed by atoms with van der Waals surface area (Å²) in [4.78, 5) is 19.7. The first-order valence-corrected chi connectivity index (χ1v) is 6.38. The van der Waals surface area contributed by atoms with E-state index in [9.17, 15) is 18.0 Å². The Morgan fingerprint density at radius 1 is 1.52 bits per heavy atom. The highest BCUT2D eigenvalue weighted by Crippen LogP contribution is 2.31. The maximum Gasteiger partial charge on any atom is 0.433 e. The summed E-state index contributed by atoms with van der Waals surface area (Å²) in [5.74, 6) is 0.0801. The molecule has 1 saturated heterocycles. The molecule has 10 heteroatoms. The molecule has 21 heavy (non-hydrogen) atoms. The van der Waals surface area contributed by atoms with Crippen LogP contribution in [0, 0.1) is 0 Å². The number of alkyl halides is 3. The van der Waals surface area contributed by atoms with Crippen LogP contribution in [0.25, 0.3) is 0 Å². The van der Waals surface area contributed by atoms with E-state index in [1.807, 2.05) is 0 Å². The summed E-state index contributed by atoms with van der Waals surface area (Å²) < 4.78 is 42.5. The molecule has 6 nitrogen and oxygen atoms in total. The number of hydrogen-bond acceptors (Lipinski definition) is 5. The van der Waals surface area contributed by atoms with Crippen molar-refractivity contribution in [2.45, 2.75) is 18.6 Å². The fourth-order valence-corrected chi connectivity index (χ4v) is 2.20. The third-order valence-corrected chi connectivity index (χ3v) is 3.16. The average Bonchev–Trinajstić information content (AvgIpc) is 2.85. The van der Waals surface area contributed by atoms with Crippen molar-refractivity contribution in [2.24, 2.45) is 0 Å². The topological polar surface area (TPSA) is 67.3 Å². The van der Waals surface area contributed by atoms with Crippen molar-refractivity contribution >= 4 is 23.5 Å². The summed E-state index contributed by atoms with van der Waals surface area (Å²) in [6.45, 7) is 0.763. The molecule has 0 aromatic carbocycles. The van der Waals surface area contributed by atoms with E-state index in [1.54, 1.807) is 4.90 Å². The molecule has 1 N–H and O–H groups in total. The number of halogens is 4. The standard InChI is InChI=1S/C11H12ClF3N4O2/c1-21-10(20)16-6-2-3-19(5-6)8-4-7(11(13,14)15)17-9(12)18-8/h4,6H,2-3,5H2,1H3,(H,16,20). The molecule has 2 rings (SSSR count). The smallest absolute Gasteiger partial charge is 0.433 e. The van der Waals surface area contributed by atoms with Gasteiger partial charge in [-0.3, -0.25) is 0 Å². The lowest BCUT2D eigenvalue weighted by Crippen LogP contribution is -2.37. The lowest BCUT2D eigenvalue weighted by Gasteiger charge is -2.19. The molecular weight excluding hydrogens is 313 g/mol. The molecule has 0 aliphatic carbocycles. The highest BCUT2D eigenvalue weighted by Gasteiger charge is 2.35. The Bertz CT molecular complexity index is 541. The molecule has 1 aliphatic heterocycles. The van der Waals surface area contributed by atoms with Gasteiger partial charge in [0.2, 0.25) is 5.28 Å². The number of carbonyl (C=O) groups is 1. The van der Waals surface area contributed by atoms with Gasteiger partial charge in [-0.1, -0.05) is 0 Å². The molecule has 1 aromatic heterocycles. The zero-order chi connectivity index (χ0) is 15.6. The van der Waals surface area contributed by atoms with Gasteiger partial charge in [0, 0.05) is 19.2 Å². The number of amides is 1. The number of methoxy groups -OCH3 is 1. The highest BCUT2D eigenvalue weighted by atomic mass is 35.5. The normalized spacial score (nSPS) is 18.7. The first-order valence-electron chi connectivity index (χ1n) is 6.01. The number of carbonyl (C=O) groups excluding carboxylic acids is 1. The van der Waals surface area contributed by atoms with Crippen molar-refractivity contribution in [1.82, 2.24) is 15.3 Å². The first-order chi connectivity index (χ1) is 9.79. The first kappa shape index (κ1) is 15.6. The van der Waals surface area contributed by atoms with Crippen LogP contribution in [0.2, 0.25) is 5.28 Å². The Morgan fingerprint density at radius 3 is 2.86 bits per heavy atom. The van der Waals surface area contributed by atoms with Crippen molar-refractivity contribution in [3.63, 3.8) is 0 Å². The quantitative estimate of drug-likeness (QED) is 0.844. The van der Waals surface area contributed by atoms with Gasteiger partial charge in [0.15, 0.2) is 5.69 Å². The number of ether oxygens (including phenoxy) is 1. The van der Waals surface area contributed by atoms with Gasteiger partial charge in [-0.15, -0.1) is 0 Å². The minimum atomic E-state index is -4.59. The molecule has 1 amide bonds. The number of aromatic nitrogens is 2. The van der Waals surface area contributed by atoms with Gasteiger partial charge in [-0.05, 0) is 18.0 Å². The molecule has 1 aromatic rings. The Kier molecular flexibility index (Phi) is 4.40. The number of rotatable bonds is 2. The minimum Gasteiger partial charge on any atom is -0.453 e. The molecule has 0 radical (unpaired) electrons. The number of hydrogen-bond donors (Lipinski definition) is 1. The van der Waals surface area contributed by atoms with E-state index in [1.165, 1.54) is 7.11 Å². The van der Waals surface area contributed by atoms with E-state index in [4.69, 9.17) is 11.6 Å². The molecule has 1 fully saturated rings. The van der Waals surface area contributed by atoms with E-state index in [-0.39, 0.29) is 11.9 Å². The van der Waals surface area contributed by atoms with E-state index in [0.717, 1.165) is 6.07 Å². The number of alkyl carbamates (subject to hydrolysis) is 1. The van der Waals surface area contributed by atoms with E-state index >= 15 is 0 Å². The number of nitrogens with one attached hydrogen (secondary N) is 1. The fraction of sp³-hybridized carbons (Fsp3) is 0.545. The van der Waals surface area contributed by atoms with Gasteiger partial charge < -0.3 is 15.0 Å². The number of anilines is 1. The average molecular weight is 325 g/mol. The summed E-state index contributed by atoms with van der Waals surface area (Å²) in [5.41, 5.74) is -1.10. The molecule has 0 spiro atoms. The van der Waals surface area contributed by atoms with Crippen LogP contribution in [-0.2, 0) is 10.9 Å². The maximum absolute atomic E-state index is 12.7. The van der Waals surface area contributed by atoms with E-state index in [0.29, 0.717) is 19.5 Å². The van der Waals surface area contributed by atoms with Crippen molar-refractivity contribution in [1.29, 1.82) is 0 Å². The summed E-state index contributed by atoms with van der Waals surface area (Å²) in [5, 5.41) is 2.12. The van der Waals surface area contributed by atoms with Crippen molar-refractivity contribution in [3.05, 3.63) is 17.0 Å². The van der Waals surface area contributed by atoms with Gasteiger partial charge in [-0.25, -0.2) is 14.8 Å². The Labute approximate surface area is 123 Å². The van der Waals surface area contributed by atoms with E-state index in [2.05, 4.69) is 20.0 Å². The second-order valence-electron chi connectivity index (χ2n) is 4.45. The van der Waals surface area contributed by atoms with Gasteiger partial charge in [-0.2, -0.15) is 13.2 Å². The third-order valence-electron chi connectivity index (χ3n) is 3.00. The second kappa shape index (κ2) is 5.92. The maximum atomic E-state index is 12.7. The molecule has 116 valence electrons. The van der Waals surface area contributed by atoms with Crippen molar-refractivity contribution in [3.8, 4) is 0 Å². The SMILES string of the molecule is COC(=O)NC1CCN(c2cc(C(F)(F)F)nc(Cl)n2)C1. The molecular formula is C11H12ClF3N4O2. The summed E-state index contributed by atoms with van der Waals surface area (Å²) in [6.07, 6.45) is -4.61. The molecule has 1 atom stereocenters. The summed E-state index contributed by atoms with van der Waals surface area (Å²) >= 11 is 5.54.